The monoisotopic (exact) mass is 360 g/mol. The fourth-order valence-corrected chi connectivity index (χ4v) is 3.44. The van der Waals surface area contributed by atoms with Gasteiger partial charge in [0.05, 0.1) is 17.2 Å². The van der Waals surface area contributed by atoms with E-state index in [0.717, 1.165) is 17.8 Å². The van der Waals surface area contributed by atoms with Crippen molar-refractivity contribution in [2.45, 2.75) is 50.3 Å². The number of nitrogens with zero attached hydrogens (tertiary/aromatic N) is 1. The van der Waals surface area contributed by atoms with E-state index in [1.165, 1.54) is 39.0 Å². The van der Waals surface area contributed by atoms with Gasteiger partial charge in [-0.1, -0.05) is 30.0 Å². The molecule has 8 heteroatoms. The van der Waals surface area contributed by atoms with E-state index >= 15 is 0 Å². The standard InChI is InChI=1S/C16H19F3N2O2S/c1-9(10-7-5-6-8-11(10)16(17,18)19)20-13-21-12(22)15(4,24-13)14(2,3)23/h5-9,23H,1-4H3,(H,20,21,22)/t9-,15+/m0/s1. The van der Waals surface area contributed by atoms with Crippen LogP contribution >= 0.6 is 11.8 Å². The van der Waals surface area contributed by atoms with Crippen LogP contribution in [-0.2, 0) is 11.0 Å². The third-order valence-electron chi connectivity index (χ3n) is 4.15. The Morgan fingerprint density at radius 2 is 1.88 bits per heavy atom. The number of amides is 1. The van der Waals surface area contributed by atoms with Crippen molar-refractivity contribution in [3.8, 4) is 0 Å². The van der Waals surface area contributed by atoms with Crippen molar-refractivity contribution in [3.63, 3.8) is 0 Å². The summed E-state index contributed by atoms with van der Waals surface area (Å²) in [6.45, 7) is 6.11. The fourth-order valence-electron chi connectivity index (χ4n) is 2.31. The van der Waals surface area contributed by atoms with Crippen molar-refractivity contribution in [2.24, 2.45) is 4.99 Å². The maximum Gasteiger partial charge on any atom is 0.416 e. The van der Waals surface area contributed by atoms with Crippen molar-refractivity contribution < 1.29 is 23.1 Å². The van der Waals surface area contributed by atoms with Crippen LogP contribution < -0.4 is 5.32 Å². The number of alkyl halides is 3. The van der Waals surface area contributed by atoms with Crippen LogP contribution in [-0.4, -0.2) is 26.5 Å². The van der Waals surface area contributed by atoms with Crippen LogP contribution in [0.4, 0.5) is 13.2 Å². The van der Waals surface area contributed by atoms with Gasteiger partial charge in [-0.05, 0) is 39.3 Å². The second-order valence-electron chi connectivity index (χ2n) is 6.34. The molecule has 0 spiro atoms. The van der Waals surface area contributed by atoms with Gasteiger partial charge in [0.1, 0.15) is 4.75 Å². The zero-order valence-corrected chi connectivity index (χ0v) is 14.5. The molecule has 4 nitrogen and oxygen atoms in total. The van der Waals surface area contributed by atoms with E-state index in [4.69, 9.17) is 0 Å². The lowest BCUT2D eigenvalue weighted by atomic mass is 9.91. The molecule has 24 heavy (non-hydrogen) atoms. The fraction of sp³-hybridized carbons (Fsp3) is 0.500. The smallest absolute Gasteiger partial charge is 0.388 e. The molecule has 1 fully saturated rings. The van der Waals surface area contributed by atoms with Gasteiger partial charge in [-0.25, -0.2) is 0 Å². The molecule has 2 N–H and O–H groups in total. The highest BCUT2D eigenvalue weighted by molar-refractivity contribution is 8.16. The van der Waals surface area contributed by atoms with Gasteiger partial charge in [-0.2, -0.15) is 13.2 Å². The minimum absolute atomic E-state index is 0.0317. The number of amidine groups is 1. The molecular formula is C16H19F3N2O2S. The van der Waals surface area contributed by atoms with Gasteiger partial charge in [-0.15, -0.1) is 0 Å². The number of carbonyl (C=O) groups excluding carboxylic acids is 1. The summed E-state index contributed by atoms with van der Waals surface area (Å²) in [5.41, 5.74) is -2.03. The Morgan fingerprint density at radius 1 is 1.29 bits per heavy atom. The molecule has 132 valence electrons. The SMILES string of the molecule is C[C@H](N=C1NC(=O)[C@](C)(C(C)(C)O)S1)c1ccccc1C(F)(F)F. The van der Waals surface area contributed by atoms with Crippen LogP contribution in [0.15, 0.2) is 29.3 Å². The lowest BCUT2D eigenvalue weighted by Crippen LogP contribution is -2.50. The largest absolute Gasteiger partial charge is 0.416 e. The number of carbonyl (C=O) groups is 1. The summed E-state index contributed by atoms with van der Waals surface area (Å²) in [6, 6.07) is 4.42. The van der Waals surface area contributed by atoms with Gasteiger partial charge >= 0.3 is 6.18 Å². The number of aliphatic hydroxyl groups is 1. The Hall–Kier alpha value is -1.54. The average molecular weight is 360 g/mol. The first-order valence-electron chi connectivity index (χ1n) is 7.33. The van der Waals surface area contributed by atoms with Gasteiger partial charge in [0, 0.05) is 0 Å². The molecule has 1 aliphatic rings. The zero-order chi connectivity index (χ0) is 18.3. The molecule has 0 aromatic heterocycles. The van der Waals surface area contributed by atoms with E-state index in [-0.39, 0.29) is 10.7 Å². The van der Waals surface area contributed by atoms with Gasteiger partial charge in [0.2, 0.25) is 5.91 Å². The average Bonchev–Trinajstić information content (AvgIpc) is 2.73. The summed E-state index contributed by atoms with van der Waals surface area (Å²) in [6.07, 6.45) is -4.47. The summed E-state index contributed by atoms with van der Waals surface area (Å²) >= 11 is 1.02. The molecule has 0 saturated carbocycles. The molecule has 0 aliphatic carbocycles. The van der Waals surface area contributed by atoms with E-state index in [9.17, 15) is 23.1 Å². The molecule has 1 aliphatic heterocycles. The first kappa shape index (κ1) is 18.8. The zero-order valence-electron chi connectivity index (χ0n) is 13.7. The molecule has 0 radical (unpaired) electrons. The summed E-state index contributed by atoms with van der Waals surface area (Å²) in [4.78, 5) is 16.4. The molecule has 1 aromatic rings. The molecular weight excluding hydrogens is 341 g/mol. The molecule has 1 saturated heterocycles. The number of halogens is 3. The third-order valence-corrected chi connectivity index (χ3v) is 5.64. The lowest BCUT2D eigenvalue weighted by Gasteiger charge is -2.32. The first-order chi connectivity index (χ1) is 10.9. The summed E-state index contributed by atoms with van der Waals surface area (Å²) in [5.74, 6) is -0.421. The van der Waals surface area contributed by atoms with E-state index < -0.39 is 34.0 Å². The highest BCUT2D eigenvalue weighted by Crippen LogP contribution is 2.42. The molecule has 1 amide bonds. The summed E-state index contributed by atoms with van der Waals surface area (Å²) in [7, 11) is 0. The number of nitrogens with one attached hydrogen (secondary N) is 1. The maximum absolute atomic E-state index is 13.1. The van der Waals surface area contributed by atoms with Gasteiger partial charge in [-0.3, -0.25) is 9.79 Å². The number of hydrogen-bond donors (Lipinski definition) is 2. The number of hydrogen-bond acceptors (Lipinski definition) is 4. The van der Waals surface area contributed by atoms with Gasteiger partial charge < -0.3 is 10.4 Å². The van der Waals surface area contributed by atoms with Crippen molar-refractivity contribution in [1.29, 1.82) is 0 Å². The van der Waals surface area contributed by atoms with Crippen LogP contribution in [0.2, 0.25) is 0 Å². The predicted molar refractivity (Wildman–Crippen MR) is 87.7 cm³/mol. The van der Waals surface area contributed by atoms with E-state index in [0.29, 0.717) is 0 Å². The highest BCUT2D eigenvalue weighted by atomic mass is 32.2. The molecule has 2 rings (SSSR count). The van der Waals surface area contributed by atoms with E-state index in [1.807, 2.05) is 0 Å². The second kappa shape index (κ2) is 6.07. The first-order valence-corrected chi connectivity index (χ1v) is 8.14. The van der Waals surface area contributed by atoms with Crippen LogP contribution in [0.25, 0.3) is 0 Å². The Bertz CT molecular complexity index is 683. The van der Waals surface area contributed by atoms with Crippen LogP contribution in [0.3, 0.4) is 0 Å². The van der Waals surface area contributed by atoms with Crippen LogP contribution in [0.1, 0.15) is 44.9 Å². The molecule has 1 aromatic carbocycles. The molecule has 2 atom stereocenters. The topological polar surface area (TPSA) is 61.7 Å². The van der Waals surface area contributed by atoms with Crippen molar-refractivity contribution in [3.05, 3.63) is 35.4 Å². The summed E-state index contributed by atoms with van der Waals surface area (Å²) < 4.78 is 38.2. The highest BCUT2D eigenvalue weighted by Gasteiger charge is 2.52. The maximum atomic E-state index is 13.1. The Morgan fingerprint density at radius 3 is 2.38 bits per heavy atom. The van der Waals surface area contributed by atoms with Gasteiger partial charge in [0.15, 0.2) is 5.17 Å². The summed E-state index contributed by atoms with van der Waals surface area (Å²) in [5, 5.41) is 12.9. The van der Waals surface area contributed by atoms with E-state index in [1.54, 1.807) is 6.92 Å². The van der Waals surface area contributed by atoms with E-state index in [2.05, 4.69) is 10.3 Å². The molecule has 1 heterocycles. The number of benzene rings is 1. The Labute approximate surface area is 142 Å². The van der Waals surface area contributed by atoms with Crippen LogP contribution in [0, 0.1) is 0 Å². The number of aliphatic imine (C=N–C) groups is 1. The Kier molecular flexibility index (Phi) is 4.76. The second-order valence-corrected chi connectivity index (χ2v) is 7.75. The molecule has 0 bridgehead atoms. The number of thioether (sulfide) groups is 1. The van der Waals surface area contributed by atoms with Crippen molar-refractivity contribution >= 4 is 22.8 Å². The van der Waals surface area contributed by atoms with Crippen molar-refractivity contribution in [1.82, 2.24) is 5.32 Å². The van der Waals surface area contributed by atoms with Crippen molar-refractivity contribution in [2.75, 3.05) is 0 Å². The predicted octanol–water partition coefficient (Wildman–Crippen LogP) is 3.52. The third kappa shape index (κ3) is 3.44. The number of rotatable bonds is 3. The molecule has 0 unspecified atom stereocenters. The quantitative estimate of drug-likeness (QED) is 0.867. The normalized spacial score (nSPS) is 25.0. The van der Waals surface area contributed by atoms with Gasteiger partial charge in [0.25, 0.3) is 0 Å². The minimum atomic E-state index is -4.47. The van der Waals surface area contributed by atoms with Crippen LogP contribution in [0.5, 0.6) is 0 Å². The Balaban J connectivity index is 2.33. The minimum Gasteiger partial charge on any atom is -0.388 e. The lowest BCUT2D eigenvalue weighted by molar-refractivity contribution is -0.138.